The molecular weight excluding hydrogens is 470 g/mol. The predicted octanol–water partition coefficient (Wildman–Crippen LogP) is 4.90. The zero-order valence-electron chi connectivity index (χ0n) is 20.6. The van der Waals surface area contributed by atoms with Crippen LogP contribution in [0.4, 0.5) is 5.69 Å². The minimum atomic E-state index is -0.0179. The Labute approximate surface area is 216 Å². The summed E-state index contributed by atoms with van der Waals surface area (Å²) in [5.41, 5.74) is 5.82. The summed E-state index contributed by atoms with van der Waals surface area (Å²) in [6.07, 6.45) is 5.62. The molecule has 3 N–H and O–H groups in total. The van der Waals surface area contributed by atoms with E-state index in [0.717, 1.165) is 72.0 Å². The summed E-state index contributed by atoms with van der Waals surface area (Å²) in [6.45, 7) is 7.02. The Balaban J connectivity index is 1.38. The largest absolute Gasteiger partial charge is 0.360 e. The molecule has 36 heavy (non-hydrogen) atoms. The van der Waals surface area contributed by atoms with E-state index >= 15 is 0 Å². The Hall–Kier alpha value is -3.72. The standard InChI is InChI=1S/C27H31N7OS/c1-3-33(4-2)26(35)18-8-7-15-34(17-18)27(36)30-19-11-12-20-23(16-19)32-25(22-10-6-14-29-22)24(31-20)21-9-5-13-28-21/h5-6,9-14,16,18,28-29H,3-4,7-8,15,17H2,1-2H3,(H,30,36)/t18-/m0/s1. The lowest BCUT2D eigenvalue weighted by Crippen LogP contribution is -2.47. The number of fused-ring (bicyclic) bond motifs is 1. The number of carbonyl (C=O) groups is 1. The van der Waals surface area contributed by atoms with Gasteiger partial charge in [-0.25, -0.2) is 9.97 Å². The van der Waals surface area contributed by atoms with Crippen LogP contribution in [0.5, 0.6) is 0 Å². The molecule has 186 valence electrons. The zero-order chi connectivity index (χ0) is 25.1. The van der Waals surface area contributed by atoms with E-state index in [1.807, 2.05) is 73.6 Å². The summed E-state index contributed by atoms with van der Waals surface area (Å²) >= 11 is 5.75. The van der Waals surface area contributed by atoms with Crippen molar-refractivity contribution in [1.82, 2.24) is 29.7 Å². The second-order valence-corrected chi connectivity index (χ2v) is 9.40. The zero-order valence-corrected chi connectivity index (χ0v) is 21.4. The molecule has 0 aliphatic carbocycles. The van der Waals surface area contributed by atoms with Crippen molar-refractivity contribution in [1.29, 1.82) is 0 Å². The normalized spacial score (nSPS) is 15.7. The molecule has 1 aliphatic rings. The van der Waals surface area contributed by atoms with Gasteiger partial charge in [-0.1, -0.05) is 0 Å². The fourth-order valence-electron chi connectivity index (χ4n) is 4.82. The third-order valence-electron chi connectivity index (χ3n) is 6.75. The van der Waals surface area contributed by atoms with Gasteiger partial charge in [0.05, 0.1) is 28.3 Å². The maximum absolute atomic E-state index is 12.9. The number of nitrogens with one attached hydrogen (secondary N) is 3. The molecule has 1 atom stereocenters. The number of amides is 1. The fraction of sp³-hybridized carbons (Fsp3) is 0.333. The number of hydrogen-bond donors (Lipinski definition) is 3. The summed E-state index contributed by atoms with van der Waals surface area (Å²) in [4.78, 5) is 33.3. The lowest BCUT2D eigenvalue weighted by molar-refractivity contribution is -0.136. The average Bonchev–Trinajstić information content (AvgIpc) is 3.63. The molecule has 3 aromatic heterocycles. The molecule has 0 radical (unpaired) electrons. The number of aromatic nitrogens is 4. The first kappa shape index (κ1) is 24.0. The summed E-state index contributed by atoms with van der Waals surface area (Å²) < 4.78 is 0. The first-order valence-corrected chi connectivity index (χ1v) is 12.9. The number of likely N-dealkylation sites (tertiary alicyclic amines) is 1. The van der Waals surface area contributed by atoms with Crippen molar-refractivity contribution in [2.75, 3.05) is 31.5 Å². The van der Waals surface area contributed by atoms with Crippen molar-refractivity contribution in [2.45, 2.75) is 26.7 Å². The van der Waals surface area contributed by atoms with Crippen LogP contribution in [-0.2, 0) is 4.79 Å². The molecule has 5 rings (SSSR count). The highest BCUT2D eigenvalue weighted by atomic mass is 32.1. The van der Waals surface area contributed by atoms with Crippen LogP contribution in [0.2, 0.25) is 0 Å². The molecule has 0 unspecified atom stereocenters. The highest BCUT2D eigenvalue weighted by molar-refractivity contribution is 7.80. The summed E-state index contributed by atoms with van der Waals surface area (Å²) in [5.74, 6) is 0.207. The predicted molar refractivity (Wildman–Crippen MR) is 148 cm³/mol. The van der Waals surface area contributed by atoms with Gasteiger partial charge in [-0.2, -0.15) is 0 Å². The smallest absolute Gasteiger partial charge is 0.227 e. The van der Waals surface area contributed by atoms with Crippen molar-refractivity contribution in [3.8, 4) is 22.8 Å². The van der Waals surface area contributed by atoms with Crippen LogP contribution in [0.1, 0.15) is 26.7 Å². The van der Waals surface area contributed by atoms with E-state index in [2.05, 4.69) is 20.2 Å². The van der Waals surface area contributed by atoms with Crippen LogP contribution >= 0.6 is 12.2 Å². The number of benzene rings is 1. The van der Waals surface area contributed by atoms with E-state index in [1.54, 1.807) is 0 Å². The topological polar surface area (TPSA) is 92.9 Å². The Morgan fingerprint density at radius 2 is 1.72 bits per heavy atom. The van der Waals surface area contributed by atoms with E-state index in [0.29, 0.717) is 11.7 Å². The number of thiocarbonyl (C=S) groups is 1. The minimum Gasteiger partial charge on any atom is -0.360 e. The maximum Gasteiger partial charge on any atom is 0.227 e. The highest BCUT2D eigenvalue weighted by Crippen LogP contribution is 2.30. The van der Waals surface area contributed by atoms with Crippen molar-refractivity contribution >= 4 is 40.0 Å². The molecule has 1 aromatic carbocycles. The molecule has 0 spiro atoms. The Morgan fingerprint density at radius 1 is 1.06 bits per heavy atom. The summed E-state index contributed by atoms with van der Waals surface area (Å²) in [6, 6.07) is 13.8. The molecule has 0 bridgehead atoms. The Kier molecular flexibility index (Phi) is 6.99. The van der Waals surface area contributed by atoms with Crippen molar-refractivity contribution in [3.63, 3.8) is 0 Å². The third kappa shape index (κ3) is 4.83. The van der Waals surface area contributed by atoms with Gasteiger partial charge >= 0.3 is 0 Å². The lowest BCUT2D eigenvalue weighted by Gasteiger charge is -2.36. The second kappa shape index (κ2) is 10.5. The summed E-state index contributed by atoms with van der Waals surface area (Å²) in [5, 5.41) is 4.00. The second-order valence-electron chi connectivity index (χ2n) is 9.02. The van der Waals surface area contributed by atoms with E-state index in [4.69, 9.17) is 22.2 Å². The maximum atomic E-state index is 12.9. The molecule has 1 amide bonds. The third-order valence-corrected chi connectivity index (χ3v) is 7.11. The molecular formula is C27H31N7OS. The summed E-state index contributed by atoms with van der Waals surface area (Å²) in [7, 11) is 0. The number of aromatic amines is 2. The van der Waals surface area contributed by atoms with Crippen LogP contribution < -0.4 is 5.32 Å². The van der Waals surface area contributed by atoms with Crippen molar-refractivity contribution in [2.24, 2.45) is 5.92 Å². The van der Waals surface area contributed by atoms with Crippen LogP contribution in [0.3, 0.4) is 0 Å². The SMILES string of the molecule is CCN(CC)C(=O)[C@H]1CCCN(C(=S)Nc2ccc3nc(-c4ccc[nH]4)c(-c4ccc[nH]4)nc3c2)C1. The lowest BCUT2D eigenvalue weighted by atomic mass is 9.96. The van der Waals surface area contributed by atoms with Gasteiger partial charge in [-0.3, -0.25) is 4.79 Å². The first-order chi connectivity index (χ1) is 17.6. The van der Waals surface area contributed by atoms with Gasteiger partial charge in [0.15, 0.2) is 5.11 Å². The monoisotopic (exact) mass is 501 g/mol. The fourth-order valence-corrected chi connectivity index (χ4v) is 5.11. The first-order valence-electron chi connectivity index (χ1n) is 12.5. The molecule has 0 saturated carbocycles. The number of piperidine rings is 1. The Bertz CT molecular complexity index is 1350. The van der Waals surface area contributed by atoms with E-state index in [9.17, 15) is 4.79 Å². The number of H-pyrrole nitrogens is 2. The molecule has 8 nitrogen and oxygen atoms in total. The minimum absolute atomic E-state index is 0.0179. The molecule has 1 aliphatic heterocycles. The quantitative estimate of drug-likeness (QED) is 0.326. The highest BCUT2D eigenvalue weighted by Gasteiger charge is 2.29. The molecule has 1 fully saturated rings. The van der Waals surface area contributed by atoms with Gasteiger partial charge in [0.25, 0.3) is 0 Å². The van der Waals surface area contributed by atoms with Gasteiger partial charge in [0.1, 0.15) is 11.4 Å². The van der Waals surface area contributed by atoms with E-state index in [1.165, 1.54) is 0 Å². The molecule has 4 aromatic rings. The average molecular weight is 502 g/mol. The number of rotatable bonds is 6. The number of carbonyl (C=O) groups excluding carboxylic acids is 1. The van der Waals surface area contributed by atoms with Gasteiger partial charge in [0, 0.05) is 44.3 Å². The van der Waals surface area contributed by atoms with Crippen molar-refractivity contribution < 1.29 is 4.79 Å². The van der Waals surface area contributed by atoms with Crippen LogP contribution in [0, 0.1) is 5.92 Å². The van der Waals surface area contributed by atoms with Crippen LogP contribution in [0.25, 0.3) is 33.8 Å². The van der Waals surface area contributed by atoms with Gasteiger partial charge < -0.3 is 25.1 Å². The van der Waals surface area contributed by atoms with E-state index in [-0.39, 0.29) is 11.8 Å². The van der Waals surface area contributed by atoms with Crippen LogP contribution in [-0.4, -0.2) is 66.9 Å². The van der Waals surface area contributed by atoms with E-state index < -0.39 is 0 Å². The van der Waals surface area contributed by atoms with Gasteiger partial charge in [-0.15, -0.1) is 0 Å². The number of anilines is 1. The van der Waals surface area contributed by atoms with Gasteiger partial charge in [-0.05, 0) is 81.4 Å². The van der Waals surface area contributed by atoms with Crippen molar-refractivity contribution in [3.05, 3.63) is 54.9 Å². The Morgan fingerprint density at radius 3 is 2.33 bits per heavy atom. The van der Waals surface area contributed by atoms with Gasteiger partial charge in [0.2, 0.25) is 5.91 Å². The number of nitrogens with zero attached hydrogens (tertiary/aromatic N) is 4. The number of hydrogen-bond acceptors (Lipinski definition) is 4. The molecule has 1 saturated heterocycles. The molecule has 9 heteroatoms. The van der Waals surface area contributed by atoms with Crippen LogP contribution in [0.15, 0.2) is 54.9 Å². The molecule has 4 heterocycles.